The lowest BCUT2D eigenvalue weighted by atomic mass is 10.3. The van der Waals surface area contributed by atoms with Gasteiger partial charge in [-0.25, -0.2) is 0 Å². The summed E-state index contributed by atoms with van der Waals surface area (Å²) in [5, 5.41) is 18.1. The van der Waals surface area contributed by atoms with Crippen LogP contribution in [0.4, 0.5) is 5.69 Å². The van der Waals surface area contributed by atoms with Gasteiger partial charge in [-0.05, 0) is 45.0 Å². The first-order valence-corrected chi connectivity index (χ1v) is 7.80. The molecule has 0 saturated heterocycles. The van der Waals surface area contributed by atoms with Crippen molar-refractivity contribution >= 4 is 11.6 Å². The van der Waals surface area contributed by atoms with Crippen molar-refractivity contribution in [2.24, 2.45) is 0 Å². The van der Waals surface area contributed by atoms with Crippen molar-refractivity contribution < 1.29 is 24.5 Å². The number of quaternary nitrogens is 1. The molecule has 0 spiro atoms. The van der Waals surface area contributed by atoms with E-state index in [0.717, 1.165) is 0 Å². The Bertz CT molecular complexity index is 654. The number of nitrogens with one attached hydrogen (secondary N) is 1. The van der Waals surface area contributed by atoms with Gasteiger partial charge in [-0.3, -0.25) is 4.79 Å². The summed E-state index contributed by atoms with van der Waals surface area (Å²) in [6.45, 7) is 6.58. The largest absolute Gasteiger partial charge is 0.491 e. The summed E-state index contributed by atoms with van der Waals surface area (Å²) < 4.78 is 10.3. The van der Waals surface area contributed by atoms with Crippen LogP contribution in [-0.4, -0.2) is 46.5 Å². The first-order valence-electron chi connectivity index (χ1n) is 7.80. The van der Waals surface area contributed by atoms with Crippen molar-refractivity contribution in [2.45, 2.75) is 32.9 Å². The standard InChI is InChI=1S/C16H22N4O4/c1-10(2)17-8-13(21)9-23-14-6-4-12(5-7-14)19-15(22)16-18-11(3)20-24-16/h4-7,10,13,17,21H,8-9H2,1-3H3,(H,19,22)/p+1/t13-/m1/s1. The number of aliphatic hydroxyl groups excluding tert-OH is 1. The van der Waals surface area contributed by atoms with Crippen molar-refractivity contribution in [2.75, 3.05) is 18.5 Å². The van der Waals surface area contributed by atoms with Crippen LogP contribution in [0, 0.1) is 6.92 Å². The highest BCUT2D eigenvalue weighted by molar-refractivity contribution is 6.00. The Balaban J connectivity index is 1.81. The van der Waals surface area contributed by atoms with E-state index in [1.165, 1.54) is 0 Å². The maximum atomic E-state index is 11.9. The Morgan fingerprint density at radius 2 is 2.08 bits per heavy atom. The smallest absolute Gasteiger partial charge is 0.316 e. The Labute approximate surface area is 140 Å². The topological polar surface area (TPSA) is 114 Å². The normalized spacial score (nSPS) is 12.2. The molecule has 0 fully saturated rings. The average Bonchev–Trinajstić information content (AvgIpc) is 2.99. The number of ether oxygens (including phenoxy) is 1. The molecule has 0 saturated carbocycles. The summed E-state index contributed by atoms with van der Waals surface area (Å²) in [7, 11) is 0. The molecule has 4 N–H and O–H groups in total. The molecule has 130 valence electrons. The van der Waals surface area contributed by atoms with E-state index in [9.17, 15) is 9.90 Å². The molecule has 1 amide bonds. The molecule has 8 heteroatoms. The highest BCUT2D eigenvalue weighted by atomic mass is 16.5. The number of benzene rings is 1. The quantitative estimate of drug-likeness (QED) is 0.641. The maximum Gasteiger partial charge on any atom is 0.316 e. The van der Waals surface area contributed by atoms with Gasteiger partial charge >= 0.3 is 11.8 Å². The van der Waals surface area contributed by atoms with E-state index in [2.05, 4.69) is 29.3 Å². The molecule has 2 rings (SSSR count). The minimum absolute atomic E-state index is 0.0858. The molecule has 1 atom stereocenters. The lowest BCUT2D eigenvalue weighted by molar-refractivity contribution is -0.688. The summed E-state index contributed by atoms with van der Waals surface area (Å²) in [6.07, 6.45) is -0.535. The fourth-order valence-corrected chi connectivity index (χ4v) is 1.90. The number of nitrogens with two attached hydrogens (primary N) is 1. The van der Waals surface area contributed by atoms with E-state index in [1.807, 2.05) is 5.32 Å². The lowest BCUT2D eigenvalue weighted by Crippen LogP contribution is -2.90. The molecular formula is C16H23N4O4+. The van der Waals surface area contributed by atoms with Crippen LogP contribution >= 0.6 is 0 Å². The highest BCUT2D eigenvalue weighted by Gasteiger charge is 2.14. The Morgan fingerprint density at radius 3 is 2.67 bits per heavy atom. The van der Waals surface area contributed by atoms with Crippen molar-refractivity contribution in [3.63, 3.8) is 0 Å². The number of aromatic nitrogens is 2. The number of aryl methyl sites for hydroxylation is 1. The highest BCUT2D eigenvalue weighted by Crippen LogP contribution is 2.16. The first-order chi connectivity index (χ1) is 11.4. The predicted octanol–water partition coefficient (Wildman–Crippen LogP) is 0.342. The van der Waals surface area contributed by atoms with Crippen LogP contribution in [0.1, 0.15) is 30.4 Å². The SMILES string of the molecule is Cc1noc(C(=O)Nc2ccc(OC[C@H](O)C[NH2+]C(C)C)cc2)n1. The van der Waals surface area contributed by atoms with E-state index in [4.69, 9.17) is 9.26 Å². The number of carbonyl (C=O) groups is 1. The number of amides is 1. The fourth-order valence-electron chi connectivity index (χ4n) is 1.90. The van der Waals surface area contributed by atoms with E-state index in [0.29, 0.717) is 29.8 Å². The van der Waals surface area contributed by atoms with E-state index < -0.39 is 12.0 Å². The van der Waals surface area contributed by atoms with Crippen LogP contribution < -0.4 is 15.4 Å². The fraction of sp³-hybridized carbons (Fsp3) is 0.438. The van der Waals surface area contributed by atoms with Gasteiger partial charge in [-0.1, -0.05) is 5.16 Å². The van der Waals surface area contributed by atoms with Gasteiger partial charge in [0, 0.05) is 5.69 Å². The zero-order valence-corrected chi connectivity index (χ0v) is 14.0. The number of hydrogen-bond donors (Lipinski definition) is 3. The van der Waals surface area contributed by atoms with Crippen LogP contribution in [-0.2, 0) is 0 Å². The molecule has 0 aliphatic rings. The number of rotatable bonds is 8. The molecule has 0 unspecified atom stereocenters. The Kier molecular flexibility index (Phi) is 6.28. The molecule has 0 bridgehead atoms. The zero-order valence-electron chi connectivity index (χ0n) is 14.0. The van der Waals surface area contributed by atoms with Gasteiger partial charge in [0.2, 0.25) is 0 Å². The van der Waals surface area contributed by atoms with Gasteiger partial charge in [0.1, 0.15) is 25.0 Å². The van der Waals surface area contributed by atoms with Crippen molar-refractivity contribution in [1.82, 2.24) is 10.1 Å². The summed E-state index contributed by atoms with van der Waals surface area (Å²) in [5.74, 6) is 0.462. The molecule has 8 nitrogen and oxygen atoms in total. The Hall–Kier alpha value is -2.45. The van der Waals surface area contributed by atoms with E-state index in [-0.39, 0.29) is 12.5 Å². The molecule has 1 heterocycles. The third-order valence-corrected chi connectivity index (χ3v) is 3.16. The van der Waals surface area contributed by atoms with Crippen molar-refractivity contribution in [3.8, 4) is 5.75 Å². The van der Waals surface area contributed by atoms with Crippen molar-refractivity contribution in [3.05, 3.63) is 36.0 Å². The minimum Gasteiger partial charge on any atom is -0.491 e. The zero-order chi connectivity index (χ0) is 17.5. The van der Waals surface area contributed by atoms with Gasteiger partial charge in [-0.2, -0.15) is 4.98 Å². The van der Waals surface area contributed by atoms with Gasteiger partial charge < -0.3 is 25.0 Å². The summed E-state index contributed by atoms with van der Waals surface area (Å²) in [5.41, 5.74) is 0.580. The minimum atomic E-state index is -0.535. The van der Waals surface area contributed by atoms with E-state index in [1.54, 1.807) is 31.2 Å². The molecule has 2 aromatic rings. The Morgan fingerprint density at radius 1 is 1.38 bits per heavy atom. The van der Waals surface area contributed by atoms with Gasteiger partial charge in [0.25, 0.3) is 0 Å². The number of hydrogen-bond acceptors (Lipinski definition) is 6. The van der Waals surface area contributed by atoms with E-state index >= 15 is 0 Å². The summed E-state index contributed by atoms with van der Waals surface area (Å²) in [4.78, 5) is 15.7. The number of carbonyl (C=O) groups excluding carboxylic acids is 1. The van der Waals surface area contributed by atoms with Crippen LogP contribution in [0.2, 0.25) is 0 Å². The number of nitrogens with zero attached hydrogens (tertiary/aromatic N) is 2. The maximum absolute atomic E-state index is 11.9. The van der Waals surface area contributed by atoms with Crippen LogP contribution in [0.15, 0.2) is 28.8 Å². The molecular weight excluding hydrogens is 312 g/mol. The van der Waals surface area contributed by atoms with Crippen molar-refractivity contribution in [1.29, 1.82) is 0 Å². The van der Waals surface area contributed by atoms with Gasteiger partial charge in [0.15, 0.2) is 5.82 Å². The summed E-state index contributed by atoms with van der Waals surface area (Å²) >= 11 is 0. The third kappa shape index (κ3) is 5.64. The second-order valence-electron chi connectivity index (χ2n) is 5.81. The van der Waals surface area contributed by atoms with Gasteiger partial charge in [0.05, 0.1) is 6.04 Å². The van der Waals surface area contributed by atoms with Crippen LogP contribution in [0.5, 0.6) is 5.75 Å². The third-order valence-electron chi connectivity index (χ3n) is 3.16. The molecule has 0 aliphatic carbocycles. The number of anilines is 1. The molecule has 1 aromatic carbocycles. The first kappa shape index (κ1) is 17.9. The predicted molar refractivity (Wildman–Crippen MR) is 86.9 cm³/mol. The second-order valence-corrected chi connectivity index (χ2v) is 5.81. The second kappa shape index (κ2) is 8.42. The molecule has 0 aliphatic heterocycles. The monoisotopic (exact) mass is 335 g/mol. The summed E-state index contributed by atoms with van der Waals surface area (Å²) in [6, 6.07) is 7.26. The lowest BCUT2D eigenvalue weighted by Gasteiger charge is -2.13. The molecule has 1 aromatic heterocycles. The molecule has 24 heavy (non-hydrogen) atoms. The molecule has 0 radical (unpaired) electrons. The van der Waals surface area contributed by atoms with Crippen LogP contribution in [0.25, 0.3) is 0 Å². The van der Waals surface area contributed by atoms with Crippen LogP contribution in [0.3, 0.4) is 0 Å². The average molecular weight is 335 g/mol. The van der Waals surface area contributed by atoms with Gasteiger partial charge in [-0.15, -0.1) is 0 Å². The number of aliphatic hydroxyl groups is 1.